The second-order valence-electron chi connectivity index (χ2n) is 6.68. The van der Waals surface area contributed by atoms with Gasteiger partial charge in [-0.05, 0) is 27.7 Å². The molecule has 22 heavy (non-hydrogen) atoms. The highest BCUT2D eigenvalue weighted by Crippen LogP contribution is 2.13. The highest BCUT2D eigenvalue weighted by Gasteiger charge is 2.29. The Kier molecular flexibility index (Phi) is 5.08. The molecule has 0 bridgehead atoms. The number of hydrogen-bond donors (Lipinski definition) is 2. The molecule has 2 amide bonds. The van der Waals surface area contributed by atoms with E-state index in [0.717, 1.165) is 18.8 Å². The molecule has 1 aromatic rings. The van der Waals surface area contributed by atoms with Crippen molar-refractivity contribution in [1.29, 1.82) is 0 Å². The summed E-state index contributed by atoms with van der Waals surface area (Å²) in [7, 11) is 0. The molecule has 1 aliphatic rings. The maximum absolute atomic E-state index is 12.3. The first kappa shape index (κ1) is 16.8. The van der Waals surface area contributed by atoms with Crippen molar-refractivity contribution in [1.82, 2.24) is 20.3 Å². The van der Waals surface area contributed by atoms with E-state index in [1.54, 1.807) is 13.8 Å². The number of nitrogens with zero attached hydrogens (tertiary/aromatic N) is 3. The lowest BCUT2D eigenvalue weighted by Gasteiger charge is -2.41. The van der Waals surface area contributed by atoms with Crippen LogP contribution in [-0.2, 0) is 6.54 Å². The van der Waals surface area contributed by atoms with Gasteiger partial charge in [0.15, 0.2) is 5.76 Å². The molecule has 2 rings (SSSR count). The number of carbonyl (C=O) groups excluding carboxylic acids is 1. The van der Waals surface area contributed by atoms with Crippen LogP contribution in [0.15, 0.2) is 10.6 Å². The van der Waals surface area contributed by atoms with Gasteiger partial charge in [-0.15, -0.1) is 0 Å². The number of nitrogens with one attached hydrogen (secondary N) is 1. The molecule has 1 saturated heterocycles. The lowest BCUT2D eigenvalue weighted by molar-refractivity contribution is 0.0118. The minimum absolute atomic E-state index is 0.0931. The van der Waals surface area contributed by atoms with Crippen molar-refractivity contribution >= 4 is 6.03 Å². The third-order valence-corrected chi connectivity index (χ3v) is 3.67. The van der Waals surface area contributed by atoms with Crippen LogP contribution >= 0.6 is 0 Å². The summed E-state index contributed by atoms with van der Waals surface area (Å²) in [5.41, 5.74) is 0.0896. The van der Waals surface area contributed by atoms with Crippen LogP contribution in [0.3, 0.4) is 0 Å². The lowest BCUT2D eigenvalue weighted by Crippen LogP contribution is -2.58. The van der Waals surface area contributed by atoms with Gasteiger partial charge in [0.1, 0.15) is 0 Å². The van der Waals surface area contributed by atoms with Crippen LogP contribution < -0.4 is 5.32 Å². The average molecular weight is 310 g/mol. The van der Waals surface area contributed by atoms with Crippen molar-refractivity contribution in [3.8, 4) is 0 Å². The van der Waals surface area contributed by atoms with Crippen molar-refractivity contribution in [2.24, 2.45) is 0 Å². The van der Waals surface area contributed by atoms with E-state index >= 15 is 0 Å². The van der Waals surface area contributed by atoms with Crippen molar-refractivity contribution in [3.63, 3.8) is 0 Å². The first-order chi connectivity index (χ1) is 10.2. The van der Waals surface area contributed by atoms with E-state index in [9.17, 15) is 9.90 Å². The van der Waals surface area contributed by atoms with Crippen LogP contribution in [-0.4, -0.2) is 63.9 Å². The molecular weight excluding hydrogens is 284 g/mol. The SMILES string of the molecule is Cc1cc(CNC(=O)N2CCN(CC(C)(C)O)CC2C)on1. The van der Waals surface area contributed by atoms with Gasteiger partial charge >= 0.3 is 6.03 Å². The molecule has 0 saturated carbocycles. The van der Waals surface area contributed by atoms with Gasteiger partial charge in [0.25, 0.3) is 0 Å². The number of aryl methyl sites for hydroxylation is 1. The van der Waals surface area contributed by atoms with Gasteiger partial charge in [0.2, 0.25) is 0 Å². The molecule has 0 spiro atoms. The molecule has 7 heteroatoms. The lowest BCUT2D eigenvalue weighted by atomic mass is 10.1. The number of aromatic nitrogens is 1. The summed E-state index contributed by atoms with van der Waals surface area (Å²) >= 11 is 0. The fraction of sp³-hybridized carbons (Fsp3) is 0.733. The largest absolute Gasteiger partial charge is 0.389 e. The molecule has 0 aliphatic carbocycles. The molecule has 1 atom stereocenters. The maximum Gasteiger partial charge on any atom is 0.318 e. The zero-order valence-electron chi connectivity index (χ0n) is 13.8. The Labute approximate surface area is 131 Å². The smallest absolute Gasteiger partial charge is 0.318 e. The standard InChI is InChI=1S/C15H26N4O3/c1-11-7-13(22-17-11)8-16-14(20)19-6-5-18(9-12(19)2)10-15(3,4)21/h7,12,21H,5-6,8-10H2,1-4H3,(H,16,20). The van der Waals surface area contributed by atoms with Crippen LogP contribution in [0.4, 0.5) is 4.79 Å². The van der Waals surface area contributed by atoms with E-state index in [2.05, 4.69) is 15.4 Å². The minimum atomic E-state index is -0.714. The van der Waals surface area contributed by atoms with Gasteiger partial charge in [-0.1, -0.05) is 5.16 Å². The highest BCUT2D eigenvalue weighted by atomic mass is 16.5. The molecular formula is C15H26N4O3. The third-order valence-electron chi connectivity index (χ3n) is 3.67. The Balaban J connectivity index is 1.81. The van der Waals surface area contributed by atoms with E-state index in [1.165, 1.54) is 0 Å². The van der Waals surface area contributed by atoms with Gasteiger partial charge in [-0.2, -0.15) is 0 Å². The highest BCUT2D eigenvalue weighted by molar-refractivity contribution is 5.74. The van der Waals surface area contributed by atoms with E-state index < -0.39 is 5.60 Å². The minimum Gasteiger partial charge on any atom is -0.389 e. The molecule has 0 aromatic carbocycles. The van der Waals surface area contributed by atoms with Gasteiger partial charge in [-0.25, -0.2) is 4.79 Å². The Morgan fingerprint density at radius 2 is 2.27 bits per heavy atom. The van der Waals surface area contributed by atoms with Crippen LogP contribution in [0.25, 0.3) is 0 Å². The summed E-state index contributed by atoms with van der Waals surface area (Å²) in [6, 6.07) is 1.82. The van der Waals surface area contributed by atoms with Gasteiger partial charge in [0.05, 0.1) is 17.8 Å². The van der Waals surface area contributed by atoms with E-state index in [-0.39, 0.29) is 12.1 Å². The molecule has 1 aliphatic heterocycles. The van der Waals surface area contributed by atoms with E-state index in [4.69, 9.17) is 4.52 Å². The fourth-order valence-electron chi connectivity index (χ4n) is 2.79. The van der Waals surface area contributed by atoms with Crippen LogP contribution in [0, 0.1) is 6.92 Å². The van der Waals surface area contributed by atoms with E-state index in [1.807, 2.05) is 24.8 Å². The molecule has 1 aromatic heterocycles. The van der Waals surface area contributed by atoms with Crippen molar-refractivity contribution in [3.05, 3.63) is 17.5 Å². The first-order valence-electron chi connectivity index (χ1n) is 7.66. The van der Waals surface area contributed by atoms with Crippen molar-refractivity contribution in [2.45, 2.75) is 45.9 Å². The normalized spacial score (nSPS) is 20.2. The van der Waals surface area contributed by atoms with Crippen LogP contribution in [0.1, 0.15) is 32.2 Å². The summed E-state index contributed by atoms with van der Waals surface area (Å²) in [5.74, 6) is 0.652. The predicted octanol–water partition coefficient (Wildman–Crippen LogP) is 0.970. The Morgan fingerprint density at radius 1 is 1.55 bits per heavy atom. The number of hydrogen-bond acceptors (Lipinski definition) is 5. The molecule has 0 radical (unpaired) electrons. The summed E-state index contributed by atoms with van der Waals surface area (Å²) in [4.78, 5) is 16.3. The van der Waals surface area contributed by atoms with Crippen molar-refractivity contribution < 1.29 is 14.4 Å². The molecule has 1 unspecified atom stereocenters. The summed E-state index contributed by atoms with van der Waals surface area (Å²) in [5, 5.41) is 16.5. The maximum atomic E-state index is 12.3. The second kappa shape index (κ2) is 6.66. The Bertz CT molecular complexity index is 509. The van der Waals surface area contributed by atoms with Crippen LogP contribution in [0.5, 0.6) is 0 Å². The number of urea groups is 1. The predicted molar refractivity (Wildman–Crippen MR) is 82.4 cm³/mol. The number of rotatable bonds is 4. The number of β-amino-alcohol motifs (C(OH)–C–C–N with tert-alkyl or cyclic N) is 1. The summed E-state index contributed by atoms with van der Waals surface area (Å²) in [6.45, 7) is 10.6. The number of amides is 2. The molecule has 7 nitrogen and oxygen atoms in total. The molecule has 124 valence electrons. The van der Waals surface area contributed by atoms with Crippen LogP contribution in [0.2, 0.25) is 0 Å². The molecule has 2 N–H and O–H groups in total. The van der Waals surface area contributed by atoms with Gasteiger partial charge in [-0.3, -0.25) is 4.90 Å². The zero-order chi connectivity index (χ0) is 16.3. The zero-order valence-corrected chi connectivity index (χ0v) is 13.8. The topological polar surface area (TPSA) is 81.8 Å². The first-order valence-corrected chi connectivity index (χ1v) is 7.66. The Hall–Kier alpha value is -1.60. The quantitative estimate of drug-likeness (QED) is 0.866. The molecule has 1 fully saturated rings. The van der Waals surface area contributed by atoms with E-state index in [0.29, 0.717) is 25.4 Å². The Morgan fingerprint density at radius 3 is 2.82 bits per heavy atom. The number of piperazine rings is 1. The second-order valence-corrected chi connectivity index (χ2v) is 6.68. The van der Waals surface area contributed by atoms with Crippen molar-refractivity contribution in [2.75, 3.05) is 26.2 Å². The molecule has 2 heterocycles. The average Bonchev–Trinajstić information content (AvgIpc) is 2.80. The van der Waals surface area contributed by atoms with Gasteiger partial charge < -0.3 is 19.8 Å². The third kappa shape index (κ3) is 4.71. The fourth-order valence-corrected chi connectivity index (χ4v) is 2.79. The summed E-state index contributed by atoms with van der Waals surface area (Å²) < 4.78 is 5.08. The number of aliphatic hydroxyl groups is 1. The monoisotopic (exact) mass is 310 g/mol. The summed E-state index contributed by atoms with van der Waals surface area (Å²) in [6.07, 6.45) is 0. The van der Waals surface area contributed by atoms with Gasteiger partial charge in [0, 0.05) is 38.3 Å². The number of carbonyl (C=O) groups is 1.